The van der Waals surface area contributed by atoms with Crippen molar-refractivity contribution >= 4 is 15.7 Å². The van der Waals surface area contributed by atoms with E-state index in [4.69, 9.17) is 0 Å². The summed E-state index contributed by atoms with van der Waals surface area (Å²) in [5.74, 6) is 0.117. The zero-order valence-corrected chi connectivity index (χ0v) is 14.1. The molecule has 122 valence electrons. The first-order valence-electron chi connectivity index (χ1n) is 7.89. The number of hydrogen-bond donors (Lipinski definition) is 1. The number of rotatable bonds is 5. The molecule has 3 rings (SSSR count). The van der Waals surface area contributed by atoms with E-state index in [1.54, 1.807) is 0 Å². The molecule has 0 saturated carbocycles. The van der Waals surface area contributed by atoms with Crippen molar-refractivity contribution in [1.29, 1.82) is 0 Å². The quantitative estimate of drug-likeness (QED) is 0.917. The Morgan fingerprint density at radius 2 is 1.78 bits per heavy atom. The first-order chi connectivity index (χ1) is 11.1. The highest BCUT2D eigenvalue weighted by molar-refractivity contribution is 7.89. The molecule has 1 aliphatic heterocycles. The summed E-state index contributed by atoms with van der Waals surface area (Å²) in [4.78, 5) is 2.17. The van der Waals surface area contributed by atoms with Crippen LogP contribution < -0.4 is 9.62 Å². The molecular weight excluding hydrogens is 308 g/mol. The SMILES string of the molecule is CN1CCC(NS(=O)(=O)CCc2ccccc2)c2ccccc21. The summed E-state index contributed by atoms with van der Waals surface area (Å²) in [7, 11) is -1.27. The van der Waals surface area contributed by atoms with E-state index in [0.29, 0.717) is 6.42 Å². The van der Waals surface area contributed by atoms with Crippen LogP contribution in [-0.2, 0) is 16.4 Å². The summed E-state index contributed by atoms with van der Waals surface area (Å²) >= 11 is 0. The number of para-hydroxylation sites is 1. The second-order valence-corrected chi connectivity index (χ2v) is 7.87. The van der Waals surface area contributed by atoms with Gasteiger partial charge in [0.1, 0.15) is 0 Å². The van der Waals surface area contributed by atoms with Crippen molar-refractivity contribution in [3.8, 4) is 0 Å². The minimum atomic E-state index is -3.31. The average Bonchev–Trinajstić information content (AvgIpc) is 2.57. The molecule has 2 aromatic rings. The lowest BCUT2D eigenvalue weighted by Crippen LogP contribution is -2.37. The number of benzene rings is 2. The summed E-state index contributed by atoms with van der Waals surface area (Å²) in [5.41, 5.74) is 3.21. The molecule has 5 heteroatoms. The fourth-order valence-corrected chi connectivity index (χ4v) is 4.32. The Kier molecular flexibility index (Phi) is 4.68. The minimum Gasteiger partial charge on any atom is -0.374 e. The number of nitrogens with one attached hydrogen (secondary N) is 1. The second-order valence-electron chi connectivity index (χ2n) is 5.99. The molecule has 2 aromatic carbocycles. The molecule has 23 heavy (non-hydrogen) atoms. The summed E-state index contributed by atoms with van der Waals surface area (Å²) in [6.07, 6.45) is 1.32. The Bertz CT molecular complexity index is 760. The van der Waals surface area contributed by atoms with Crippen molar-refractivity contribution in [2.24, 2.45) is 0 Å². The standard InChI is InChI=1S/C18H22N2O2S/c1-20-13-11-17(16-9-5-6-10-18(16)20)19-23(21,22)14-12-15-7-3-2-4-8-15/h2-10,17,19H,11-14H2,1H3. The van der Waals surface area contributed by atoms with E-state index >= 15 is 0 Å². The number of nitrogens with zero attached hydrogens (tertiary/aromatic N) is 1. The predicted octanol–water partition coefficient (Wildman–Crippen LogP) is 2.73. The Morgan fingerprint density at radius 1 is 1.09 bits per heavy atom. The van der Waals surface area contributed by atoms with Crippen molar-refractivity contribution in [3.05, 3.63) is 65.7 Å². The molecule has 0 saturated heterocycles. The number of fused-ring (bicyclic) bond motifs is 1. The van der Waals surface area contributed by atoms with Crippen LogP contribution in [0.4, 0.5) is 5.69 Å². The lowest BCUT2D eigenvalue weighted by molar-refractivity contribution is 0.528. The Balaban J connectivity index is 1.70. The molecule has 0 aliphatic carbocycles. The molecule has 0 spiro atoms. The van der Waals surface area contributed by atoms with Crippen molar-refractivity contribution in [2.75, 3.05) is 24.2 Å². The summed E-state index contributed by atoms with van der Waals surface area (Å²) in [5, 5.41) is 0. The molecule has 0 aromatic heterocycles. The topological polar surface area (TPSA) is 49.4 Å². The highest BCUT2D eigenvalue weighted by atomic mass is 32.2. The van der Waals surface area contributed by atoms with E-state index < -0.39 is 10.0 Å². The molecule has 1 aliphatic rings. The van der Waals surface area contributed by atoms with Gasteiger partial charge in [0.05, 0.1) is 11.8 Å². The summed E-state index contributed by atoms with van der Waals surface area (Å²) in [6.45, 7) is 0.850. The maximum absolute atomic E-state index is 12.4. The van der Waals surface area contributed by atoms with Crippen molar-refractivity contribution in [3.63, 3.8) is 0 Å². The average molecular weight is 330 g/mol. The van der Waals surface area contributed by atoms with E-state index in [2.05, 4.69) is 9.62 Å². The summed E-state index contributed by atoms with van der Waals surface area (Å²) in [6, 6.07) is 17.6. The van der Waals surface area contributed by atoms with Crippen LogP contribution in [0.1, 0.15) is 23.6 Å². The van der Waals surface area contributed by atoms with E-state index in [9.17, 15) is 8.42 Å². The minimum absolute atomic E-state index is 0.117. The fraction of sp³-hybridized carbons (Fsp3) is 0.333. The van der Waals surface area contributed by atoms with Crippen LogP contribution in [0.3, 0.4) is 0 Å². The van der Waals surface area contributed by atoms with E-state index in [-0.39, 0.29) is 11.8 Å². The molecule has 0 amide bonds. The third-order valence-corrected chi connectivity index (χ3v) is 5.69. The van der Waals surface area contributed by atoms with Crippen LogP contribution in [0.5, 0.6) is 0 Å². The molecule has 4 nitrogen and oxygen atoms in total. The number of sulfonamides is 1. The smallest absolute Gasteiger partial charge is 0.212 e. The molecule has 0 fully saturated rings. The third-order valence-electron chi connectivity index (χ3n) is 4.30. The zero-order chi connectivity index (χ0) is 16.3. The lowest BCUT2D eigenvalue weighted by Gasteiger charge is -2.33. The molecular formula is C18H22N2O2S. The second kappa shape index (κ2) is 6.72. The van der Waals surface area contributed by atoms with Gasteiger partial charge in [0, 0.05) is 19.3 Å². The van der Waals surface area contributed by atoms with E-state index in [1.807, 2.05) is 61.6 Å². The molecule has 0 radical (unpaired) electrons. The van der Waals surface area contributed by atoms with Crippen molar-refractivity contribution in [1.82, 2.24) is 4.72 Å². The van der Waals surface area contributed by atoms with Gasteiger partial charge in [-0.25, -0.2) is 13.1 Å². The van der Waals surface area contributed by atoms with Crippen LogP contribution in [0.15, 0.2) is 54.6 Å². The Labute approximate surface area is 138 Å². The van der Waals surface area contributed by atoms with E-state index in [1.165, 1.54) is 0 Å². The Hall–Kier alpha value is -1.85. The van der Waals surface area contributed by atoms with Gasteiger partial charge in [0.25, 0.3) is 0 Å². The maximum Gasteiger partial charge on any atom is 0.212 e. The lowest BCUT2D eigenvalue weighted by atomic mass is 9.98. The van der Waals surface area contributed by atoms with Gasteiger partial charge in [-0.1, -0.05) is 48.5 Å². The fourth-order valence-electron chi connectivity index (χ4n) is 3.02. The largest absolute Gasteiger partial charge is 0.374 e. The van der Waals surface area contributed by atoms with Crippen molar-refractivity contribution < 1.29 is 8.42 Å². The normalized spacial score (nSPS) is 17.8. The molecule has 1 N–H and O–H groups in total. The van der Waals surface area contributed by atoms with Gasteiger partial charge in [-0.3, -0.25) is 0 Å². The van der Waals surface area contributed by atoms with E-state index in [0.717, 1.165) is 29.8 Å². The molecule has 1 unspecified atom stereocenters. The summed E-state index contributed by atoms with van der Waals surface area (Å²) < 4.78 is 27.8. The van der Waals surface area contributed by atoms with Crippen LogP contribution >= 0.6 is 0 Å². The van der Waals surface area contributed by atoms with Gasteiger partial charge in [0.15, 0.2) is 0 Å². The van der Waals surface area contributed by atoms with Gasteiger partial charge >= 0.3 is 0 Å². The van der Waals surface area contributed by atoms with Crippen LogP contribution in [0, 0.1) is 0 Å². The highest BCUT2D eigenvalue weighted by Gasteiger charge is 2.26. The predicted molar refractivity (Wildman–Crippen MR) is 94.1 cm³/mol. The van der Waals surface area contributed by atoms with Crippen LogP contribution in [-0.4, -0.2) is 27.8 Å². The van der Waals surface area contributed by atoms with Crippen molar-refractivity contribution in [2.45, 2.75) is 18.9 Å². The van der Waals surface area contributed by atoms with Gasteiger partial charge in [-0.2, -0.15) is 0 Å². The monoisotopic (exact) mass is 330 g/mol. The molecule has 0 bridgehead atoms. The number of aryl methyl sites for hydroxylation is 1. The van der Waals surface area contributed by atoms with Gasteiger partial charge < -0.3 is 4.90 Å². The Morgan fingerprint density at radius 3 is 2.57 bits per heavy atom. The first kappa shape index (κ1) is 16.0. The zero-order valence-electron chi connectivity index (χ0n) is 13.3. The highest BCUT2D eigenvalue weighted by Crippen LogP contribution is 2.32. The van der Waals surface area contributed by atoms with Crippen LogP contribution in [0.2, 0.25) is 0 Å². The van der Waals surface area contributed by atoms with Gasteiger partial charge in [0.2, 0.25) is 10.0 Å². The number of hydrogen-bond acceptors (Lipinski definition) is 3. The first-order valence-corrected chi connectivity index (χ1v) is 9.54. The number of anilines is 1. The van der Waals surface area contributed by atoms with Gasteiger partial charge in [-0.05, 0) is 30.0 Å². The van der Waals surface area contributed by atoms with Crippen LogP contribution in [0.25, 0.3) is 0 Å². The maximum atomic E-state index is 12.4. The third kappa shape index (κ3) is 3.92. The van der Waals surface area contributed by atoms with Gasteiger partial charge in [-0.15, -0.1) is 0 Å². The molecule has 1 heterocycles. The molecule has 1 atom stereocenters.